The van der Waals surface area contributed by atoms with Gasteiger partial charge in [-0.15, -0.1) is 0 Å². The molecule has 2 atom stereocenters. The summed E-state index contributed by atoms with van der Waals surface area (Å²) in [5, 5.41) is 3.66. The highest BCUT2D eigenvalue weighted by molar-refractivity contribution is 4.74. The van der Waals surface area contributed by atoms with Crippen LogP contribution in [0, 0.1) is 11.3 Å². The van der Waals surface area contributed by atoms with Gasteiger partial charge in [-0.25, -0.2) is 0 Å². The summed E-state index contributed by atoms with van der Waals surface area (Å²) < 4.78 is 0. The Morgan fingerprint density at radius 2 is 1.73 bits per heavy atom. The Labute approximate surface area is 97.0 Å². The molecule has 1 heteroatoms. The second kappa shape index (κ2) is 7.27. The van der Waals surface area contributed by atoms with Gasteiger partial charge in [0.1, 0.15) is 0 Å². The van der Waals surface area contributed by atoms with Crippen LogP contribution in [0.15, 0.2) is 0 Å². The lowest BCUT2D eigenvalue weighted by molar-refractivity contribution is 0.272. The van der Waals surface area contributed by atoms with Gasteiger partial charge in [0.25, 0.3) is 0 Å². The van der Waals surface area contributed by atoms with Gasteiger partial charge < -0.3 is 5.32 Å². The molecule has 0 bridgehead atoms. The predicted octanol–water partition coefficient (Wildman–Crippen LogP) is 4.23. The van der Waals surface area contributed by atoms with Gasteiger partial charge >= 0.3 is 0 Å². The topological polar surface area (TPSA) is 12.0 Å². The van der Waals surface area contributed by atoms with Crippen molar-refractivity contribution in [1.29, 1.82) is 0 Å². The minimum atomic E-state index is 0.487. The van der Waals surface area contributed by atoms with E-state index < -0.39 is 0 Å². The van der Waals surface area contributed by atoms with Crippen LogP contribution < -0.4 is 5.32 Å². The van der Waals surface area contributed by atoms with Gasteiger partial charge in [-0.1, -0.05) is 47.5 Å². The molecule has 1 nitrogen and oxygen atoms in total. The zero-order valence-electron chi connectivity index (χ0n) is 11.7. The summed E-state index contributed by atoms with van der Waals surface area (Å²) >= 11 is 0. The number of rotatable bonds is 8. The third-order valence-electron chi connectivity index (χ3n) is 3.41. The van der Waals surface area contributed by atoms with Gasteiger partial charge in [0.2, 0.25) is 0 Å². The fraction of sp³-hybridized carbons (Fsp3) is 1.00. The van der Waals surface area contributed by atoms with E-state index >= 15 is 0 Å². The molecular weight excluding hydrogens is 182 g/mol. The molecule has 15 heavy (non-hydrogen) atoms. The highest BCUT2D eigenvalue weighted by Crippen LogP contribution is 2.25. The minimum absolute atomic E-state index is 0.487. The van der Waals surface area contributed by atoms with Crippen molar-refractivity contribution < 1.29 is 0 Å². The van der Waals surface area contributed by atoms with Crippen molar-refractivity contribution in [3.8, 4) is 0 Å². The summed E-state index contributed by atoms with van der Waals surface area (Å²) in [6.45, 7) is 15.1. The summed E-state index contributed by atoms with van der Waals surface area (Å²) in [4.78, 5) is 0. The van der Waals surface area contributed by atoms with Crippen molar-refractivity contribution in [2.45, 2.75) is 73.3 Å². The van der Waals surface area contributed by atoms with Gasteiger partial charge in [0.15, 0.2) is 0 Å². The Morgan fingerprint density at radius 1 is 1.13 bits per heavy atom. The highest BCUT2D eigenvalue weighted by Gasteiger charge is 2.18. The van der Waals surface area contributed by atoms with Gasteiger partial charge in [-0.2, -0.15) is 0 Å². The molecule has 0 aliphatic carbocycles. The normalized spacial score (nSPS) is 16.4. The van der Waals surface area contributed by atoms with Crippen molar-refractivity contribution in [1.82, 2.24) is 5.32 Å². The van der Waals surface area contributed by atoms with Crippen molar-refractivity contribution in [3.05, 3.63) is 0 Å². The molecule has 0 aromatic rings. The third kappa shape index (κ3) is 7.84. The van der Waals surface area contributed by atoms with Crippen LogP contribution in [0.2, 0.25) is 0 Å². The Balaban J connectivity index is 3.70. The molecule has 0 heterocycles. The minimum Gasteiger partial charge on any atom is -0.314 e. The molecule has 0 fully saturated rings. The standard InChI is InChI=1S/C14H31N/c1-7-9-12(3)11-15-13(4)10-14(5,6)8-2/h12-13,15H,7-11H2,1-6H3. The number of hydrogen-bond donors (Lipinski definition) is 1. The first-order chi connectivity index (χ1) is 6.91. The van der Waals surface area contributed by atoms with Crippen LogP contribution in [0.5, 0.6) is 0 Å². The first-order valence-electron chi connectivity index (χ1n) is 6.64. The van der Waals surface area contributed by atoms with Crippen molar-refractivity contribution in [2.75, 3.05) is 6.54 Å². The second-order valence-electron chi connectivity index (χ2n) is 5.93. The summed E-state index contributed by atoms with van der Waals surface area (Å²) in [6, 6.07) is 0.652. The Hall–Kier alpha value is -0.0400. The fourth-order valence-corrected chi connectivity index (χ4v) is 2.04. The SMILES string of the molecule is CCCC(C)CNC(C)CC(C)(C)CC. The van der Waals surface area contributed by atoms with Crippen LogP contribution in [0.3, 0.4) is 0 Å². The van der Waals surface area contributed by atoms with E-state index in [0.717, 1.165) is 5.92 Å². The maximum absolute atomic E-state index is 3.66. The molecule has 0 amide bonds. The molecule has 0 saturated heterocycles. The molecule has 0 aromatic heterocycles. The molecule has 0 aliphatic rings. The lowest BCUT2D eigenvalue weighted by Crippen LogP contribution is -2.34. The van der Waals surface area contributed by atoms with Crippen LogP contribution in [0.4, 0.5) is 0 Å². The zero-order chi connectivity index (χ0) is 11.9. The molecule has 0 radical (unpaired) electrons. The zero-order valence-corrected chi connectivity index (χ0v) is 11.7. The molecule has 1 N–H and O–H groups in total. The summed E-state index contributed by atoms with van der Waals surface area (Å²) in [6.07, 6.45) is 5.19. The summed E-state index contributed by atoms with van der Waals surface area (Å²) in [5.74, 6) is 0.821. The smallest absolute Gasteiger partial charge is 0.00439 e. The lowest BCUT2D eigenvalue weighted by Gasteiger charge is -2.28. The van der Waals surface area contributed by atoms with E-state index in [9.17, 15) is 0 Å². The van der Waals surface area contributed by atoms with Gasteiger partial charge in [0.05, 0.1) is 0 Å². The maximum Gasteiger partial charge on any atom is 0.00439 e. The monoisotopic (exact) mass is 213 g/mol. The molecule has 0 saturated carbocycles. The maximum atomic E-state index is 3.66. The van der Waals surface area contributed by atoms with Crippen molar-refractivity contribution in [3.63, 3.8) is 0 Å². The molecule has 0 spiro atoms. The average molecular weight is 213 g/mol. The fourth-order valence-electron chi connectivity index (χ4n) is 2.04. The first kappa shape index (κ1) is 15.0. The van der Waals surface area contributed by atoms with E-state index in [4.69, 9.17) is 0 Å². The number of nitrogens with one attached hydrogen (secondary N) is 1. The van der Waals surface area contributed by atoms with Crippen molar-refractivity contribution in [2.24, 2.45) is 11.3 Å². The van der Waals surface area contributed by atoms with E-state index in [-0.39, 0.29) is 0 Å². The Morgan fingerprint density at radius 3 is 2.20 bits per heavy atom. The van der Waals surface area contributed by atoms with E-state index in [1.165, 1.54) is 32.2 Å². The van der Waals surface area contributed by atoms with Crippen LogP contribution in [-0.4, -0.2) is 12.6 Å². The molecular formula is C14H31N. The Kier molecular flexibility index (Phi) is 7.25. The molecule has 2 unspecified atom stereocenters. The second-order valence-corrected chi connectivity index (χ2v) is 5.93. The first-order valence-corrected chi connectivity index (χ1v) is 6.64. The molecule has 92 valence electrons. The predicted molar refractivity (Wildman–Crippen MR) is 70.2 cm³/mol. The Bertz CT molecular complexity index is 151. The van der Waals surface area contributed by atoms with Gasteiger partial charge in [-0.3, -0.25) is 0 Å². The third-order valence-corrected chi connectivity index (χ3v) is 3.41. The number of hydrogen-bond acceptors (Lipinski definition) is 1. The lowest BCUT2D eigenvalue weighted by atomic mass is 9.83. The van der Waals surface area contributed by atoms with Crippen LogP contribution in [0.1, 0.15) is 67.2 Å². The van der Waals surface area contributed by atoms with E-state index in [1.807, 2.05) is 0 Å². The van der Waals surface area contributed by atoms with Crippen molar-refractivity contribution >= 4 is 0 Å². The van der Waals surface area contributed by atoms with E-state index in [2.05, 4.69) is 46.9 Å². The summed E-state index contributed by atoms with van der Waals surface area (Å²) in [7, 11) is 0. The molecule has 0 aromatic carbocycles. The van der Waals surface area contributed by atoms with Crippen LogP contribution >= 0.6 is 0 Å². The average Bonchev–Trinajstić information content (AvgIpc) is 2.15. The quantitative estimate of drug-likeness (QED) is 0.636. The highest BCUT2D eigenvalue weighted by atomic mass is 14.9. The molecule has 0 rings (SSSR count). The molecule has 0 aliphatic heterocycles. The van der Waals surface area contributed by atoms with Gasteiger partial charge in [0, 0.05) is 6.04 Å². The summed E-state index contributed by atoms with van der Waals surface area (Å²) in [5.41, 5.74) is 0.487. The van der Waals surface area contributed by atoms with E-state index in [1.54, 1.807) is 0 Å². The largest absolute Gasteiger partial charge is 0.314 e. The van der Waals surface area contributed by atoms with Crippen LogP contribution in [-0.2, 0) is 0 Å². The van der Waals surface area contributed by atoms with Gasteiger partial charge in [-0.05, 0) is 37.6 Å². The van der Waals surface area contributed by atoms with Crippen LogP contribution in [0.25, 0.3) is 0 Å². The van der Waals surface area contributed by atoms with E-state index in [0.29, 0.717) is 11.5 Å².